The van der Waals surface area contributed by atoms with Gasteiger partial charge in [-0.15, -0.1) is 11.8 Å². The summed E-state index contributed by atoms with van der Waals surface area (Å²) in [5.74, 6) is -0.146. The van der Waals surface area contributed by atoms with Crippen LogP contribution in [0.2, 0.25) is 5.02 Å². The summed E-state index contributed by atoms with van der Waals surface area (Å²) in [7, 11) is 0. The second-order valence-corrected chi connectivity index (χ2v) is 5.43. The van der Waals surface area contributed by atoms with E-state index in [0.29, 0.717) is 11.4 Å². The van der Waals surface area contributed by atoms with E-state index in [1.807, 2.05) is 19.1 Å². The fourth-order valence-electron chi connectivity index (χ4n) is 1.26. The number of carbonyl (C=O) groups is 2. The molecule has 0 radical (unpaired) electrons. The molecular weight excluding hydrogens is 284 g/mol. The van der Waals surface area contributed by atoms with Gasteiger partial charge in [-0.2, -0.15) is 0 Å². The van der Waals surface area contributed by atoms with Crippen LogP contribution in [-0.4, -0.2) is 17.6 Å². The predicted octanol–water partition coefficient (Wildman–Crippen LogP) is 2.77. The maximum Gasteiger partial charge on any atom is 0.248 e. The molecule has 1 aromatic carbocycles. The highest BCUT2D eigenvalue weighted by Crippen LogP contribution is 2.19. The molecule has 0 saturated heterocycles. The van der Waals surface area contributed by atoms with Gasteiger partial charge in [0.15, 0.2) is 0 Å². The van der Waals surface area contributed by atoms with Gasteiger partial charge in [0.1, 0.15) is 0 Å². The number of hydrazine groups is 1. The summed E-state index contributed by atoms with van der Waals surface area (Å²) in [6.45, 7) is 2.01. The van der Waals surface area contributed by atoms with Crippen molar-refractivity contribution >= 4 is 35.2 Å². The van der Waals surface area contributed by atoms with Crippen LogP contribution in [0.5, 0.6) is 0 Å². The van der Waals surface area contributed by atoms with E-state index >= 15 is 0 Å². The number of hydrogen-bond acceptors (Lipinski definition) is 3. The number of carbonyl (C=O) groups excluding carboxylic acids is 2. The number of benzene rings is 1. The van der Waals surface area contributed by atoms with Gasteiger partial charge in [0.25, 0.3) is 0 Å². The predicted molar refractivity (Wildman–Crippen MR) is 78.0 cm³/mol. The second-order valence-electron chi connectivity index (χ2n) is 3.94. The van der Waals surface area contributed by atoms with E-state index in [0.717, 1.165) is 17.7 Å². The molecule has 0 unspecified atom stereocenters. The topological polar surface area (TPSA) is 58.2 Å². The number of amides is 2. The molecule has 0 aliphatic heterocycles. The van der Waals surface area contributed by atoms with Gasteiger partial charge >= 0.3 is 0 Å². The molecule has 1 aromatic rings. The lowest BCUT2D eigenvalue weighted by Crippen LogP contribution is -2.42. The molecule has 0 fully saturated rings. The number of thioether (sulfide) groups is 1. The van der Waals surface area contributed by atoms with Gasteiger partial charge in [-0.1, -0.05) is 24.9 Å². The zero-order valence-electron chi connectivity index (χ0n) is 10.7. The Morgan fingerprint density at radius 3 is 2.42 bits per heavy atom. The number of rotatable bonds is 6. The molecule has 0 aliphatic carbocycles. The summed E-state index contributed by atoms with van der Waals surface area (Å²) in [6.07, 6.45) is 2.20. The first-order chi connectivity index (χ1) is 9.11. The summed E-state index contributed by atoms with van der Waals surface area (Å²) in [5.41, 5.74) is 4.78. The quantitative estimate of drug-likeness (QED) is 0.627. The lowest BCUT2D eigenvalue weighted by molar-refractivity contribution is -0.127. The van der Waals surface area contributed by atoms with Gasteiger partial charge < -0.3 is 0 Å². The molecule has 104 valence electrons. The minimum absolute atomic E-state index is 0.160. The highest BCUT2D eigenvalue weighted by Gasteiger charge is 2.05. The minimum Gasteiger partial charge on any atom is -0.273 e. The third-order valence-corrected chi connectivity index (χ3v) is 3.55. The van der Waals surface area contributed by atoms with Crippen molar-refractivity contribution in [3.05, 3.63) is 29.3 Å². The Hall–Kier alpha value is -1.20. The molecule has 4 nitrogen and oxygen atoms in total. The average Bonchev–Trinajstić information content (AvgIpc) is 2.42. The van der Waals surface area contributed by atoms with E-state index in [9.17, 15) is 9.59 Å². The second kappa shape index (κ2) is 8.82. The number of nitrogens with one attached hydrogen (secondary N) is 2. The number of unbranched alkanes of at least 4 members (excludes halogenated alkanes) is 1. The van der Waals surface area contributed by atoms with E-state index in [1.54, 1.807) is 12.1 Å². The zero-order valence-corrected chi connectivity index (χ0v) is 12.3. The van der Waals surface area contributed by atoms with Crippen molar-refractivity contribution in [2.75, 3.05) is 5.75 Å². The Bertz CT molecular complexity index is 423. The number of halogens is 1. The molecule has 0 bridgehead atoms. The minimum atomic E-state index is -0.232. The first kappa shape index (κ1) is 15.9. The fourth-order valence-corrected chi connectivity index (χ4v) is 2.08. The van der Waals surface area contributed by atoms with Gasteiger partial charge in [-0.3, -0.25) is 20.4 Å². The van der Waals surface area contributed by atoms with E-state index in [1.165, 1.54) is 11.8 Å². The highest BCUT2D eigenvalue weighted by molar-refractivity contribution is 8.00. The summed E-state index contributed by atoms with van der Waals surface area (Å²) < 4.78 is 0. The summed E-state index contributed by atoms with van der Waals surface area (Å²) >= 11 is 7.15. The van der Waals surface area contributed by atoms with E-state index in [2.05, 4.69) is 10.9 Å². The third-order valence-electron chi connectivity index (χ3n) is 2.28. The van der Waals surface area contributed by atoms with Crippen LogP contribution in [0.4, 0.5) is 0 Å². The molecule has 0 atom stereocenters. The standard InChI is InChI=1S/C13H17ClN2O2S/c1-2-3-4-12(17)15-16-13(18)9-19-11-7-5-10(14)6-8-11/h5-8H,2-4,9H2,1H3,(H,15,17)(H,16,18). The Morgan fingerprint density at radius 1 is 1.16 bits per heavy atom. The van der Waals surface area contributed by atoms with E-state index < -0.39 is 0 Å². The first-order valence-electron chi connectivity index (χ1n) is 6.08. The number of hydrogen-bond donors (Lipinski definition) is 2. The maximum absolute atomic E-state index is 11.5. The molecule has 0 heterocycles. The Labute approximate surface area is 122 Å². The van der Waals surface area contributed by atoms with Crippen molar-refractivity contribution in [2.45, 2.75) is 31.1 Å². The molecule has 6 heteroatoms. The fraction of sp³-hybridized carbons (Fsp3) is 0.385. The van der Waals surface area contributed by atoms with Crippen molar-refractivity contribution < 1.29 is 9.59 Å². The van der Waals surface area contributed by atoms with Crippen LogP contribution in [-0.2, 0) is 9.59 Å². The third kappa shape index (κ3) is 7.08. The van der Waals surface area contributed by atoms with Gasteiger partial charge in [0.05, 0.1) is 5.75 Å². The van der Waals surface area contributed by atoms with Gasteiger partial charge in [-0.05, 0) is 30.7 Å². The molecule has 2 amide bonds. The zero-order chi connectivity index (χ0) is 14.1. The van der Waals surface area contributed by atoms with Crippen molar-refractivity contribution in [1.82, 2.24) is 10.9 Å². The largest absolute Gasteiger partial charge is 0.273 e. The normalized spacial score (nSPS) is 10.0. The van der Waals surface area contributed by atoms with Crippen LogP contribution in [0.25, 0.3) is 0 Å². The Morgan fingerprint density at radius 2 is 1.79 bits per heavy atom. The Balaban J connectivity index is 2.21. The van der Waals surface area contributed by atoms with Crippen molar-refractivity contribution in [3.63, 3.8) is 0 Å². The van der Waals surface area contributed by atoms with Crippen LogP contribution in [0.1, 0.15) is 26.2 Å². The molecule has 2 N–H and O–H groups in total. The molecule has 19 heavy (non-hydrogen) atoms. The van der Waals surface area contributed by atoms with E-state index in [-0.39, 0.29) is 17.6 Å². The van der Waals surface area contributed by atoms with Crippen molar-refractivity contribution in [3.8, 4) is 0 Å². The maximum atomic E-state index is 11.5. The van der Waals surface area contributed by atoms with Gasteiger partial charge in [-0.25, -0.2) is 0 Å². The lowest BCUT2D eigenvalue weighted by atomic mass is 10.2. The smallest absolute Gasteiger partial charge is 0.248 e. The van der Waals surface area contributed by atoms with Crippen LogP contribution < -0.4 is 10.9 Å². The lowest BCUT2D eigenvalue weighted by Gasteiger charge is -2.06. The molecule has 0 aliphatic rings. The van der Waals surface area contributed by atoms with Crippen LogP contribution in [0.15, 0.2) is 29.2 Å². The molecule has 1 rings (SSSR count). The monoisotopic (exact) mass is 300 g/mol. The van der Waals surface area contributed by atoms with Crippen molar-refractivity contribution in [2.24, 2.45) is 0 Å². The van der Waals surface area contributed by atoms with Gasteiger partial charge in [0.2, 0.25) is 11.8 Å². The molecule has 0 aromatic heterocycles. The molecule has 0 saturated carbocycles. The molecule has 0 spiro atoms. The summed E-state index contributed by atoms with van der Waals surface area (Å²) in [5, 5.41) is 0.664. The van der Waals surface area contributed by atoms with E-state index in [4.69, 9.17) is 11.6 Å². The highest BCUT2D eigenvalue weighted by atomic mass is 35.5. The van der Waals surface area contributed by atoms with Crippen molar-refractivity contribution in [1.29, 1.82) is 0 Å². The summed E-state index contributed by atoms with van der Waals surface area (Å²) in [4.78, 5) is 23.7. The molecular formula is C13H17ClN2O2S. The van der Waals surface area contributed by atoms with Crippen LogP contribution >= 0.6 is 23.4 Å². The van der Waals surface area contributed by atoms with Gasteiger partial charge in [0, 0.05) is 16.3 Å². The Kier molecular flexibility index (Phi) is 7.36. The SMILES string of the molecule is CCCCC(=O)NNC(=O)CSc1ccc(Cl)cc1. The summed E-state index contributed by atoms with van der Waals surface area (Å²) in [6, 6.07) is 7.24. The average molecular weight is 301 g/mol. The van der Waals surface area contributed by atoms with Crippen LogP contribution in [0, 0.1) is 0 Å². The first-order valence-corrected chi connectivity index (χ1v) is 7.44. The van der Waals surface area contributed by atoms with Crippen LogP contribution in [0.3, 0.4) is 0 Å².